The molecule has 1 amide bonds. The molecular formula is C20H21Cl2NO2. The van der Waals surface area contributed by atoms with Gasteiger partial charge in [-0.25, -0.2) is 0 Å². The Morgan fingerprint density at radius 1 is 1.08 bits per heavy atom. The molecule has 1 aliphatic rings. The second-order valence-corrected chi connectivity index (χ2v) is 7.60. The number of nitrogens with zero attached hydrogens (tertiary/aromatic N) is 1. The third kappa shape index (κ3) is 4.17. The Balaban J connectivity index is 2.05. The van der Waals surface area contributed by atoms with Crippen LogP contribution in [-0.2, 0) is 9.53 Å². The summed E-state index contributed by atoms with van der Waals surface area (Å²) in [4.78, 5) is 14.5. The maximum absolute atomic E-state index is 12.6. The largest absolute Gasteiger partial charge is 0.361 e. The van der Waals surface area contributed by atoms with Crippen LogP contribution in [0.1, 0.15) is 37.1 Å². The van der Waals surface area contributed by atoms with Gasteiger partial charge in [-0.3, -0.25) is 4.79 Å². The molecule has 3 nitrogen and oxygen atoms in total. The van der Waals surface area contributed by atoms with Gasteiger partial charge in [-0.15, -0.1) is 0 Å². The molecule has 2 unspecified atom stereocenters. The molecule has 0 saturated carbocycles. The van der Waals surface area contributed by atoms with Gasteiger partial charge in [-0.1, -0.05) is 61.3 Å². The van der Waals surface area contributed by atoms with Crippen LogP contribution in [0.4, 0.5) is 0 Å². The lowest BCUT2D eigenvalue weighted by molar-refractivity contribution is -0.159. The number of rotatable bonds is 4. The van der Waals surface area contributed by atoms with Crippen molar-refractivity contribution >= 4 is 29.1 Å². The molecule has 0 bridgehead atoms. The van der Waals surface area contributed by atoms with Crippen LogP contribution in [0.2, 0.25) is 10.0 Å². The summed E-state index contributed by atoms with van der Waals surface area (Å²) in [5.74, 6) is 0.365. The van der Waals surface area contributed by atoms with Crippen LogP contribution < -0.4 is 0 Å². The van der Waals surface area contributed by atoms with E-state index in [0.717, 1.165) is 11.1 Å². The molecule has 2 aromatic rings. The minimum atomic E-state index is -0.267. The molecule has 2 atom stereocenters. The first-order valence-corrected chi connectivity index (χ1v) is 9.13. The number of amides is 1. The van der Waals surface area contributed by atoms with E-state index < -0.39 is 0 Å². The smallest absolute Gasteiger partial charge is 0.249 e. The van der Waals surface area contributed by atoms with Gasteiger partial charge < -0.3 is 9.64 Å². The van der Waals surface area contributed by atoms with Gasteiger partial charge in [0.2, 0.25) is 5.91 Å². The maximum atomic E-state index is 12.6. The van der Waals surface area contributed by atoms with Crippen LogP contribution in [0.15, 0.2) is 48.5 Å². The standard InChI is InChI=1S/C20H21Cl2NO2/c1-13(2)11-23-18(24)12-25-20(15-4-3-5-17(22)10-15)19(23)14-6-8-16(21)9-7-14/h3-10,13,19-20H,11-12H2,1-2H3. The number of benzene rings is 2. The van der Waals surface area contributed by atoms with Gasteiger partial charge >= 0.3 is 0 Å². The minimum Gasteiger partial charge on any atom is -0.361 e. The van der Waals surface area contributed by atoms with Crippen LogP contribution >= 0.6 is 23.2 Å². The highest BCUT2D eigenvalue weighted by Crippen LogP contribution is 2.41. The summed E-state index contributed by atoms with van der Waals surface area (Å²) in [5, 5.41) is 1.32. The predicted octanol–water partition coefficient (Wildman–Crippen LogP) is 5.29. The van der Waals surface area contributed by atoms with E-state index >= 15 is 0 Å². The van der Waals surface area contributed by atoms with Gasteiger partial charge in [0.05, 0.1) is 6.04 Å². The minimum absolute atomic E-state index is 0.00641. The Bertz CT molecular complexity index is 746. The molecule has 1 fully saturated rings. The number of hydrogen-bond acceptors (Lipinski definition) is 2. The van der Waals surface area contributed by atoms with Crippen LogP contribution in [0, 0.1) is 5.92 Å². The van der Waals surface area contributed by atoms with E-state index in [2.05, 4.69) is 13.8 Å². The summed E-state index contributed by atoms with van der Waals surface area (Å²) < 4.78 is 5.96. The average molecular weight is 378 g/mol. The Kier molecular flexibility index (Phi) is 5.67. The molecule has 0 aromatic heterocycles. The fourth-order valence-electron chi connectivity index (χ4n) is 3.24. The van der Waals surface area contributed by atoms with Gasteiger partial charge in [0.25, 0.3) is 0 Å². The first-order valence-electron chi connectivity index (χ1n) is 8.37. The van der Waals surface area contributed by atoms with Crippen molar-refractivity contribution in [3.05, 3.63) is 69.7 Å². The summed E-state index contributed by atoms with van der Waals surface area (Å²) in [6.07, 6.45) is -0.267. The molecule has 0 radical (unpaired) electrons. The summed E-state index contributed by atoms with van der Waals surface area (Å²) >= 11 is 12.2. The van der Waals surface area contributed by atoms with Crippen LogP contribution in [0.5, 0.6) is 0 Å². The first-order chi connectivity index (χ1) is 12.0. The Morgan fingerprint density at radius 2 is 1.80 bits per heavy atom. The van der Waals surface area contributed by atoms with Crippen molar-refractivity contribution in [2.45, 2.75) is 26.0 Å². The van der Waals surface area contributed by atoms with Crippen molar-refractivity contribution in [1.29, 1.82) is 0 Å². The molecule has 3 rings (SSSR count). The Morgan fingerprint density at radius 3 is 2.44 bits per heavy atom. The topological polar surface area (TPSA) is 29.5 Å². The van der Waals surface area contributed by atoms with Gasteiger partial charge in [-0.05, 0) is 41.3 Å². The zero-order chi connectivity index (χ0) is 18.0. The fourth-order valence-corrected chi connectivity index (χ4v) is 3.56. The van der Waals surface area contributed by atoms with E-state index in [9.17, 15) is 4.79 Å². The molecule has 0 aliphatic carbocycles. The van der Waals surface area contributed by atoms with Crippen molar-refractivity contribution in [3.63, 3.8) is 0 Å². The summed E-state index contributed by atoms with van der Waals surface area (Å²) in [6, 6.07) is 15.0. The van der Waals surface area contributed by atoms with Crippen molar-refractivity contribution in [1.82, 2.24) is 4.90 Å². The lowest BCUT2D eigenvalue weighted by Gasteiger charge is -2.42. The van der Waals surface area contributed by atoms with Crippen LogP contribution in [-0.4, -0.2) is 24.0 Å². The van der Waals surface area contributed by atoms with Gasteiger partial charge in [0.15, 0.2) is 0 Å². The SMILES string of the molecule is CC(C)CN1C(=O)COC(c2cccc(Cl)c2)C1c1ccc(Cl)cc1. The number of hydrogen-bond donors (Lipinski definition) is 0. The molecule has 0 N–H and O–H groups in total. The first kappa shape index (κ1) is 18.2. The highest BCUT2D eigenvalue weighted by Gasteiger charge is 2.38. The fraction of sp³-hybridized carbons (Fsp3) is 0.350. The number of morpholine rings is 1. The zero-order valence-electron chi connectivity index (χ0n) is 14.3. The van der Waals surface area contributed by atoms with Crippen molar-refractivity contribution in [2.24, 2.45) is 5.92 Å². The lowest BCUT2D eigenvalue weighted by atomic mass is 9.92. The van der Waals surface area contributed by atoms with Crippen molar-refractivity contribution in [3.8, 4) is 0 Å². The molecular weight excluding hydrogens is 357 g/mol. The molecule has 5 heteroatoms. The number of halogens is 2. The van der Waals surface area contributed by atoms with Gasteiger partial charge in [0, 0.05) is 16.6 Å². The van der Waals surface area contributed by atoms with E-state index in [1.165, 1.54) is 0 Å². The van der Waals surface area contributed by atoms with Crippen LogP contribution in [0.3, 0.4) is 0 Å². The third-order valence-electron chi connectivity index (χ3n) is 4.28. The number of carbonyl (C=O) groups is 1. The molecule has 132 valence electrons. The second-order valence-electron chi connectivity index (χ2n) is 6.72. The van der Waals surface area contributed by atoms with E-state index in [-0.39, 0.29) is 24.7 Å². The lowest BCUT2D eigenvalue weighted by Crippen LogP contribution is -2.47. The quantitative estimate of drug-likeness (QED) is 0.724. The van der Waals surface area contributed by atoms with E-state index in [0.29, 0.717) is 22.5 Å². The highest BCUT2D eigenvalue weighted by molar-refractivity contribution is 6.30. The van der Waals surface area contributed by atoms with Gasteiger partial charge in [0.1, 0.15) is 12.7 Å². The summed E-state index contributed by atoms with van der Waals surface area (Å²) in [7, 11) is 0. The molecule has 1 heterocycles. The number of carbonyl (C=O) groups excluding carboxylic acids is 1. The molecule has 2 aromatic carbocycles. The Hall–Kier alpha value is -1.55. The predicted molar refractivity (Wildman–Crippen MR) is 101 cm³/mol. The molecule has 0 spiro atoms. The second kappa shape index (κ2) is 7.77. The maximum Gasteiger partial charge on any atom is 0.249 e. The van der Waals surface area contributed by atoms with Crippen molar-refractivity contribution < 1.29 is 9.53 Å². The molecule has 1 saturated heterocycles. The summed E-state index contributed by atoms with van der Waals surface area (Å²) in [6.45, 7) is 4.96. The van der Waals surface area contributed by atoms with E-state index in [4.69, 9.17) is 27.9 Å². The summed E-state index contributed by atoms with van der Waals surface area (Å²) in [5.41, 5.74) is 1.97. The highest BCUT2D eigenvalue weighted by atomic mass is 35.5. The Labute approximate surface area is 158 Å². The molecule has 1 aliphatic heterocycles. The van der Waals surface area contributed by atoms with Crippen LogP contribution in [0.25, 0.3) is 0 Å². The zero-order valence-corrected chi connectivity index (χ0v) is 15.8. The van der Waals surface area contributed by atoms with Gasteiger partial charge in [-0.2, -0.15) is 0 Å². The average Bonchev–Trinajstić information content (AvgIpc) is 2.57. The normalized spacial score (nSPS) is 21.0. The van der Waals surface area contributed by atoms with E-state index in [1.54, 1.807) is 0 Å². The third-order valence-corrected chi connectivity index (χ3v) is 4.77. The number of ether oxygens (including phenoxy) is 1. The van der Waals surface area contributed by atoms with E-state index in [1.807, 2.05) is 53.4 Å². The van der Waals surface area contributed by atoms with Crippen molar-refractivity contribution in [2.75, 3.05) is 13.2 Å². The molecule has 25 heavy (non-hydrogen) atoms. The monoisotopic (exact) mass is 377 g/mol.